The number of hydrogen-bond acceptors (Lipinski definition) is 4. The third kappa shape index (κ3) is 5.01. The van der Waals surface area contributed by atoms with Gasteiger partial charge in [0.15, 0.2) is 0 Å². The minimum absolute atomic E-state index is 0.0230. The summed E-state index contributed by atoms with van der Waals surface area (Å²) in [4.78, 5) is 27.0. The summed E-state index contributed by atoms with van der Waals surface area (Å²) >= 11 is 0. The van der Waals surface area contributed by atoms with Crippen molar-refractivity contribution in [2.75, 3.05) is 53.5 Å². The topological polar surface area (TPSA) is 61.9 Å². The van der Waals surface area contributed by atoms with Gasteiger partial charge in [-0.15, -0.1) is 0 Å². The SMILES string of the molecule is CNC(=O)CN1CCN(C(=O)CCCOC)CC1. The fourth-order valence-electron chi connectivity index (χ4n) is 1.96. The van der Waals surface area contributed by atoms with E-state index in [1.165, 1.54) is 0 Å². The fraction of sp³-hybridized carbons (Fsp3) is 0.833. The summed E-state index contributed by atoms with van der Waals surface area (Å²) in [5, 5.41) is 2.61. The van der Waals surface area contributed by atoms with Crippen molar-refractivity contribution in [2.45, 2.75) is 12.8 Å². The van der Waals surface area contributed by atoms with E-state index in [2.05, 4.69) is 10.2 Å². The number of nitrogens with one attached hydrogen (secondary N) is 1. The summed E-state index contributed by atoms with van der Waals surface area (Å²) in [6.07, 6.45) is 1.32. The largest absolute Gasteiger partial charge is 0.385 e. The van der Waals surface area contributed by atoms with Gasteiger partial charge in [0, 0.05) is 53.4 Å². The van der Waals surface area contributed by atoms with Gasteiger partial charge >= 0.3 is 0 Å². The van der Waals surface area contributed by atoms with Gasteiger partial charge in [-0.25, -0.2) is 0 Å². The molecular formula is C12H23N3O3. The Morgan fingerprint density at radius 1 is 1.22 bits per heavy atom. The third-order valence-corrected chi connectivity index (χ3v) is 3.11. The molecule has 0 aromatic heterocycles. The zero-order valence-corrected chi connectivity index (χ0v) is 11.3. The molecule has 0 saturated carbocycles. The Hall–Kier alpha value is -1.14. The van der Waals surface area contributed by atoms with E-state index in [9.17, 15) is 9.59 Å². The molecule has 0 bridgehead atoms. The Labute approximate surface area is 108 Å². The lowest BCUT2D eigenvalue weighted by atomic mass is 10.2. The molecule has 1 aliphatic heterocycles. The van der Waals surface area contributed by atoms with Crippen LogP contribution in [0.1, 0.15) is 12.8 Å². The first kappa shape index (κ1) is 14.9. The van der Waals surface area contributed by atoms with Crippen LogP contribution in [0.2, 0.25) is 0 Å². The minimum Gasteiger partial charge on any atom is -0.385 e. The first-order valence-corrected chi connectivity index (χ1v) is 6.37. The monoisotopic (exact) mass is 257 g/mol. The smallest absolute Gasteiger partial charge is 0.233 e. The van der Waals surface area contributed by atoms with Gasteiger partial charge in [-0.1, -0.05) is 0 Å². The Morgan fingerprint density at radius 3 is 2.44 bits per heavy atom. The number of piperazine rings is 1. The van der Waals surface area contributed by atoms with Gasteiger partial charge in [0.25, 0.3) is 0 Å². The zero-order valence-electron chi connectivity index (χ0n) is 11.3. The van der Waals surface area contributed by atoms with Gasteiger partial charge in [0.05, 0.1) is 6.54 Å². The molecule has 1 rings (SSSR count). The van der Waals surface area contributed by atoms with Gasteiger partial charge in [-0.05, 0) is 6.42 Å². The normalized spacial score (nSPS) is 16.7. The number of ether oxygens (including phenoxy) is 1. The Bertz CT molecular complexity index is 276. The molecule has 1 heterocycles. The Morgan fingerprint density at radius 2 is 1.89 bits per heavy atom. The summed E-state index contributed by atoms with van der Waals surface area (Å²) in [6.45, 7) is 4.00. The molecule has 6 heteroatoms. The van der Waals surface area contributed by atoms with Crippen molar-refractivity contribution < 1.29 is 14.3 Å². The van der Waals surface area contributed by atoms with E-state index in [4.69, 9.17) is 4.74 Å². The highest BCUT2D eigenvalue weighted by atomic mass is 16.5. The molecule has 1 saturated heterocycles. The maximum absolute atomic E-state index is 11.8. The number of carbonyl (C=O) groups is 2. The Kier molecular flexibility index (Phi) is 6.67. The number of carbonyl (C=O) groups excluding carboxylic acids is 2. The molecule has 0 unspecified atom stereocenters. The summed E-state index contributed by atoms with van der Waals surface area (Å²) in [5.74, 6) is 0.210. The average Bonchev–Trinajstić information content (AvgIpc) is 2.39. The second-order valence-electron chi connectivity index (χ2n) is 4.43. The van der Waals surface area contributed by atoms with E-state index in [-0.39, 0.29) is 11.8 Å². The van der Waals surface area contributed by atoms with E-state index in [1.54, 1.807) is 14.2 Å². The van der Waals surface area contributed by atoms with Crippen molar-refractivity contribution in [1.82, 2.24) is 15.1 Å². The predicted octanol–water partition coefficient (Wildman–Crippen LogP) is -0.697. The minimum atomic E-state index is 0.0230. The third-order valence-electron chi connectivity index (χ3n) is 3.11. The lowest BCUT2D eigenvalue weighted by molar-refractivity contribution is -0.133. The molecule has 0 radical (unpaired) electrons. The van der Waals surface area contributed by atoms with E-state index >= 15 is 0 Å². The van der Waals surface area contributed by atoms with E-state index < -0.39 is 0 Å². The molecule has 0 atom stereocenters. The molecule has 6 nitrogen and oxygen atoms in total. The number of methoxy groups -OCH3 is 1. The zero-order chi connectivity index (χ0) is 13.4. The Balaban J connectivity index is 2.22. The van der Waals surface area contributed by atoms with Crippen LogP contribution in [0.25, 0.3) is 0 Å². The van der Waals surface area contributed by atoms with Gasteiger partial charge in [0.2, 0.25) is 11.8 Å². The highest BCUT2D eigenvalue weighted by Crippen LogP contribution is 2.05. The van der Waals surface area contributed by atoms with Crippen LogP contribution in [0.3, 0.4) is 0 Å². The van der Waals surface area contributed by atoms with E-state index in [0.717, 1.165) is 19.5 Å². The highest BCUT2D eigenvalue weighted by molar-refractivity contribution is 5.78. The maximum atomic E-state index is 11.8. The lowest BCUT2D eigenvalue weighted by Crippen LogP contribution is -2.50. The predicted molar refractivity (Wildman–Crippen MR) is 68.2 cm³/mol. The number of rotatable bonds is 6. The molecule has 0 aromatic rings. The van der Waals surface area contributed by atoms with E-state index in [0.29, 0.717) is 32.7 Å². The van der Waals surface area contributed by atoms with Crippen LogP contribution in [0.5, 0.6) is 0 Å². The summed E-state index contributed by atoms with van der Waals surface area (Å²) in [5.41, 5.74) is 0. The number of nitrogens with zero attached hydrogens (tertiary/aromatic N) is 2. The fourth-order valence-corrected chi connectivity index (χ4v) is 1.96. The van der Waals surface area contributed by atoms with Crippen LogP contribution in [0.4, 0.5) is 0 Å². The molecule has 18 heavy (non-hydrogen) atoms. The van der Waals surface area contributed by atoms with Crippen molar-refractivity contribution in [2.24, 2.45) is 0 Å². The van der Waals surface area contributed by atoms with Crippen molar-refractivity contribution in [3.63, 3.8) is 0 Å². The van der Waals surface area contributed by atoms with Crippen molar-refractivity contribution in [3.8, 4) is 0 Å². The molecule has 1 aliphatic rings. The molecule has 1 N–H and O–H groups in total. The standard InChI is InChI=1S/C12H23N3O3/c1-13-11(16)10-14-5-7-15(8-6-14)12(17)4-3-9-18-2/h3-10H2,1-2H3,(H,13,16). The molecule has 0 aliphatic carbocycles. The number of likely N-dealkylation sites (N-methyl/N-ethyl adjacent to an activating group) is 1. The average molecular weight is 257 g/mol. The van der Waals surface area contributed by atoms with Gasteiger partial charge in [-0.2, -0.15) is 0 Å². The summed E-state index contributed by atoms with van der Waals surface area (Å²) < 4.78 is 4.93. The van der Waals surface area contributed by atoms with Crippen molar-refractivity contribution in [3.05, 3.63) is 0 Å². The molecule has 1 fully saturated rings. The van der Waals surface area contributed by atoms with Crippen LogP contribution in [0.15, 0.2) is 0 Å². The summed E-state index contributed by atoms with van der Waals surface area (Å²) in [7, 11) is 3.28. The molecule has 104 valence electrons. The molecule has 0 aromatic carbocycles. The number of hydrogen-bond donors (Lipinski definition) is 1. The van der Waals surface area contributed by atoms with Gasteiger partial charge < -0.3 is 15.0 Å². The quantitative estimate of drug-likeness (QED) is 0.639. The van der Waals surface area contributed by atoms with Crippen LogP contribution >= 0.6 is 0 Å². The maximum Gasteiger partial charge on any atom is 0.233 e. The van der Waals surface area contributed by atoms with Gasteiger partial charge in [-0.3, -0.25) is 14.5 Å². The summed E-state index contributed by atoms with van der Waals surface area (Å²) in [6, 6.07) is 0. The van der Waals surface area contributed by atoms with Crippen LogP contribution < -0.4 is 5.32 Å². The van der Waals surface area contributed by atoms with Gasteiger partial charge in [0.1, 0.15) is 0 Å². The molecule has 0 spiro atoms. The highest BCUT2D eigenvalue weighted by Gasteiger charge is 2.21. The number of amides is 2. The van der Waals surface area contributed by atoms with Crippen LogP contribution in [-0.4, -0.2) is 75.1 Å². The molecule has 2 amide bonds. The first-order valence-electron chi connectivity index (χ1n) is 6.37. The molecular weight excluding hydrogens is 234 g/mol. The first-order chi connectivity index (χ1) is 8.67. The van der Waals surface area contributed by atoms with Crippen molar-refractivity contribution >= 4 is 11.8 Å². The van der Waals surface area contributed by atoms with Crippen LogP contribution in [-0.2, 0) is 14.3 Å². The second-order valence-corrected chi connectivity index (χ2v) is 4.43. The lowest BCUT2D eigenvalue weighted by Gasteiger charge is -2.34. The second kappa shape index (κ2) is 8.05. The van der Waals surface area contributed by atoms with Crippen LogP contribution in [0, 0.1) is 0 Å². The van der Waals surface area contributed by atoms with E-state index in [1.807, 2.05) is 4.90 Å². The van der Waals surface area contributed by atoms with Crippen molar-refractivity contribution in [1.29, 1.82) is 0 Å².